The molecule has 1 atom stereocenters. The second kappa shape index (κ2) is 11.9. The number of piperazine rings is 1. The van der Waals surface area contributed by atoms with Crippen LogP contribution >= 0.6 is 0 Å². The van der Waals surface area contributed by atoms with Gasteiger partial charge in [0.1, 0.15) is 11.6 Å². The number of ketones is 1. The smallest absolute Gasteiger partial charge is 0.182 e. The summed E-state index contributed by atoms with van der Waals surface area (Å²) in [7, 11) is 1.65. The monoisotopic (exact) mass is 520 g/mol. The number of anilines is 1. The maximum atomic E-state index is 14.3. The van der Waals surface area contributed by atoms with Crippen molar-refractivity contribution in [1.29, 1.82) is 0 Å². The number of nitrogens with zero attached hydrogens (tertiary/aromatic N) is 2. The van der Waals surface area contributed by atoms with Crippen molar-refractivity contribution in [3.05, 3.63) is 89.5 Å². The van der Waals surface area contributed by atoms with Gasteiger partial charge in [-0.2, -0.15) is 0 Å². The first-order chi connectivity index (χ1) is 18.5. The molecule has 3 aromatic rings. The van der Waals surface area contributed by atoms with Crippen molar-refractivity contribution in [2.45, 2.75) is 44.2 Å². The number of hydrogen-bond donors (Lipinski definition) is 0. The van der Waals surface area contributed by atoms with Gasteiger partial charge in [0.05, 0.1) is 25.3 Å². The minimum Gasteiger partial charge on any atom is -0.493 e. The van der Waals surface area contributed by atoms with Crippen molar-refractivity contribution in [2.24, 2.45) is 0 Å². The van der Waals surface area contributed by atoms with E-state index in [-0.39, 0.29) is 18.7 Å². The van der Waals surface area contributed by atoms with Crippen LogP contribution in [0.1, 0.15) is 41.6 Å². The molecule has 0 bridgehead atoms. The molecular weight excluding hydrogens is 486 g/mol. The molecule has 1 heterocycles. The first kappa shape index (κ1) is 26.2. The molecule has 5 rings (SSSR count). The summed E-state index contributed by atoms with van der Waals surface area (Å²) < 4.78 is 40.5. The van der Waals surface area contributed by atoms with Crippen LogP contribution in [0.25, 0.3) is 0 Å². The fourth-order valence-corrected chi connectivity index (χ4v) is 5.58. The van der Waals surface area contributed by atoms with E-state index in [2.05, 4.69) is 21.9 Å². The number of carbonyl (C=O) groups is 1. The molecule has 1 aliphatic carbocycles. The van der Waals surface area contributed by atoms with E-state index in [1.807, 2.05) is 36.4 Å². The predicted molar refractivity (Wildman–Crippen MR) is 144 cm³/mol. The molecule has 0 unspecified atom stereocenters. The topological polar surface area (TPSA) is 42.0 Å². The van der Waals surface area contributed by atoms with Crippen LogP contribution in [0.5, 0.6) is 11.5 Å². The van der Waals surface area contributed by atoms with Crippen LogP contribution in [0.4, 0.5) is 14.5 Å². The Hall–Kier alpha value is -3.45. The molecule has 5 nitrogen and oxygen atoms in total. The number of Topliss-reactive ketones (excluding diaryl/α,β-unsaturated/α-hetero) is 1. The average molecular weight is 521 g/mol. The summed E-state index contributed by atoms with van der Waals surface area (Å²) in [6, 6.07) is 19.6. The van der Waals surface area contributed by atoms with Crippen molar-refractivity contribution < 1.29 is 23.0 Å². The fraction of sp³-hybridized carbons (Fsp3) is 0.387. The summed E-state index contributed by atoms with van der Waals surface area (Å²) in [5, 5.41) is 0. The summed E-state index contributed by atoms with van der Waals surface area (Å²) >= 11 is 0. The minimum atomic E-state index is -0.818. The van der Waals surface area contributed by atoms with Gasteiger partial charge in [-0.1, -0.05) is 36.4 Å². The normalized spacial score (nSPS) is 18.5. The van der Waals surface area contributed by atoms with Crippen molar-refractivity contribution in [1.82, 2.24) is 4.90 Å². The van der Waals surface area contributed by atoms with Gasteiger partial charge < -0.3 is 14.4 Å². The van der Waals surface area contributed by atoms with E-state index in [0.717, 1.165) is 47.7 Å². The maximum Gasteiger partial charge on any atom is 0.182 e. The number of halogens is 2. The molecule has 0 radical (unpaired) electrons. The van der Waals surface area contributed by atoms with E-state index in [1.165, 1.54) is 18.9 Å². The number of benzene rings is 3. The molecule has 7 heteroatoms. The highest BCUT2D eigenvalue weighted by Gasteiger charge is 2.31. The Kier molecular flexibility index (Phi) is 8.23. The van der Waals surface area contributed by atoms with E-state index in [9.17, 15) is 13.6 Å². The summed E-state index contributed by atoms with van der Waals surface area (Å²) in [4.78, 5) is 17.4. The second-order valence-corrected chi connectivity index (χ2v) is 10.1. The average Bonchev–Trinajstić information content (AvgIpc) is 3.43. The predicted octanol–water partition coefficient (Wildman–Crippen LogP) is 5.91. The highest BCUT2D eigenvalue weighted by atomic mass is 19.1. The van der Waals surface area contributed by atoms with Gasteiger partial charge in [-0.25, -0.2) is 8.78 Å². The minimum absolute atomic E-state index is 0.0220. The fourth-order valence-electron chi connectivity index (χ4n) is 5.58. The zero-order valence-corrected chi connectivity index (χ0v) is 21.7. The third-order valence-corrected chi connectivity index (χ3v) is 7.62. The molecule has 3 aromatic carbocycles. The van der Waals surface area contributed by atoms with Crippen LogP contribution in [0.15, 0.2) is 66.7 Å². The van der Waals surface area contributed by atoms with Gasteiger partial charge in [-0.3, -0.25) is 9.69 Å². The van der Waals surface area contributed by atoms with E-state index in [4.69, 9.17) is 9.47 Å². The number of carbonyl (C=O) groups excluding carboxylic acids is 1. The van der Waals surface area contributed by atoms with Gasteiger partial charge in [0, 0.05) is 37.4 Å². The standard InChI is InChI=1S/C31H34F2N2O3/c1-37-29-15-14-23(19-30(29)38-25-10-5-6-11-25)34-16-17-35(24(20-34)18-22-8-3-2-4-9-22)21-28(36)31-26(32)12-7-13-27(31)33/h2-4,7-9,12-15,19,24-25H,5-6,10-11,16-18,20-21H2,1H3/t24-/m0/s1. The van der Waals surface area contributed by atoms with Crippen molar-refractivity contribution >= 4 is 11.5 Å². The molecule has 1 saturated carbocycles. The van der Waals surface area contributed by atoms with Crippen molar-refractivity contribution in [2.75, 3.05) is 38.2 Å². The van der Waals surface area contributed by atoms with Crippen molar-refractivity contribution in [3.63, 3.8) is 0 Å². The molecule has 0 aromatic heterocycles. The molecule has 2 fully saturated rings. The number of rotatable bonds is 9. The lowest BCUT2D eigenvalue weighted by atomic mass is 10.00. The first-order valence-corrected chi connectivity index (χ1v) is 13.4. The Morgan fingerprint density at radius 2 is 1.66 bits per heavy atom. The highest BCUT2D eigenvalue weighted by Crippen LogP contribution is 2.36. The summed E-state index contributed by atoms with van der Waals surface area (Å²) in [6.07, 6.45) is 5.42. The second-order valence-electron chi connectivity index (χ2n) is 10.1. The van der Waals surface area contributed by atoms with Crippen LogP contribution in [0.2, 0.25) is 0 Å². The van der Waals surface area contributed by atoms with Crippen LogP contribution in [-0.4, -0.2) is 56.1 Å². The number of methoxy groups -OCH3 is 1. The first-order valence-electron chi connectivity index (χ1n) is 13.4. The zero-order valence-electron chi connectivity index (χ0n) is 21.7. The van der Waals surface area contributed by atoms with Gasteiger partial charge in [0.2, 0.25) is 0 Å². The molecule has 1 aliphatic heterocycles. The Morgan fingerprint density at radius 1 is 0.921 bits per heavy atom. The largest absolute Gasteiger partial charge is 0.493 e. The van der Waals surface area contributed by atoms with E-state index >= 15 is 0 Å². The van der Waals surface area contributed by atoms with Gasteiger partial charge in [0.25, 0.3) is 0 Å². The highest BCUT2D eigenvalue weighted by molar-refractivity contribution is 5.98. The van der Waals surface area contributed by atoms with Gasteiger partial charge >= 0.3 is 0 Å². The van der Waals surface area contributed by atoms with Gasteiger partial charge in [0.15, 0.2) is 17.3 Å². The van der Waals surface area contributed by atoms with Crippen molar-refractivity contribution in [3.8, 4) is 11.5 Å². The maximum absolute atomic E-state index is 14.3. The third kappa shape index (κ3) is 5.99. The quantitative estimate of drug-likeness (QED) is 0.328. The van der Waals surface area contributed by atoms with E-state index < -0.39 is 23.0 Å². The van der Waals surface area contributed by atoms with Gasteiger partial charge in [-0.15, -0.1) is 0 Å². The molecule has 2 aliphatic rings. The summed E-state index contributed by atoms with van der Waals surface area (Å²) in [5.74, 6) is -0.701. The van der Waals surface area contributed by atoms with Crippen LogP contribution < -0.4 is 14.4 Å². The summed E-state index contributed by atoms with van der Waals surface area (Å²) in [5.41, 5.74) is 1.72. The molecule has 0 spiro atoms. The van der Waals surface area contributed by atoms with Crippen LogP contribution in [-0.2, 0) is 6.42 Å². The molecule has 200 valence electrons. The van der Waals surface area contributed by atoms with Gasteiger partial charge in [-0.05, 0) is 61.9 Å². The lowest BCUT2D eigenvalue weighted by Gasteiger charge is -2.42. The van der Waals surface area contributed by atoms with E-state index in [1.54, 1.807) is 7.11 Å². The molecule has 1 saturated heterocycles. The Balaban J connectivity index is 1.36. The Morgan fingerprint density at radius 3 is 2.37 bits per heavy atom. The number of ether oxygens (including phenoxy) is 2. The lowest BCUT2D eigenvalue weighted by molar-refractivity contribution is 0.0867. The zero-order chi connectivity index (χ0) is 26.5. The Bertz CT molecular complexity index is 1230. The third-order valence-electron chi connectivity index (χ3n) is 7.62. The Labute approximate surface area is 223 Å². The summed E-state index contributed by atoms with van der Waals surface area (Å²) in [6.45, 7) is 1.89. The van der Waals surface area contributed by atoms with Crippen LogP contribution in [0, 0.1) is 11.6 Å². The van der Waals surface area contributed by atoms with Crippen LogP contribution in [0.3, 0.4) is 0 Å². The molecule has 0 N–H and O–H groups in total. The molecular formula is C31H34F2N2O3. The van der Waals surface area contributed by atoms with E-state index in [0.29, 0.717) is 26.1 Å². The molecule has 0 amide bonds. The SMILES string of the molecule is COc1ccc(N2CCN(CC(=O)c3c(F)cccc3F)[C@@H](Cc3ccccc3)C2)cc1OC1CCCC1. The molecule has 38 heavy (non-hydrogen) atoms. The lowest BCUT2D eigenvalue weighted by Crippen LogP contribution is -2.55. The number of hydrogen-bond acceptors (Lipinski definition) is 5.